The van der Waals surface area contributed by atoms with E-state index in [9.17, 15) is 0 Å². The Morgan fingerprint density at radius 2 is 2.05 bits per heavy atom. The summed E-state index contributed by atoms with van der Waals surface area (Å²) < 4.78 is 7.56. The Kier molecular flexibility index (Phi) is 3.54. The van der Waals surface area contributed by atoms with Crippen LogP contribution in [0.25, 0.3) is 11.0 Å². The highest BCUT2D eigenvalue weighted by molar-refractivity contribution is 5.80. The van der Waals surface area contributed by atoms with Crippen LogP contribution in [0.4, 0.5) is 5.69 Å². The first kappa shape index (κ1) is 13.9. The molecule has 2 N–H and O–H groups in total. The second kappa shape index (κ2) is 4.85. The fraction of sp³-hybridized carbons (Fsp3) is 0.533. The molecular weight excluding hydrogens is 238 g/mol. The Bertz CT molecular complexity index is 581. The molecule has 1 atom stereocenters. The summed E-state index contributed by atoms with van der Waals surface area (Å²) in [6.45, 7) is 9.34. The number of hydrogen-bond donors (Lipinski definition) is 1. The number of hydrogen-bond acceptors (Lipinski definition) is 3. The number of nitrogens with zero attached hydrogens (tertiary/aromatic N) is 2. The molecule has 1 aromatic heterocycles. The highest BCUT2D eigenvalue weighted by Crippen LogP contribution is 2.30. The van der Waals surface area contributed by atoms with Gasteiger partial charge in [-0.15, -0.1) is 0 Å². The van der Waals surface area contributed by atoms with Crippen LogP contribution in [0, 0.1) is 0 Å². The SMILES string of the molecule is COCC(C)n1c(C(C)(C)C)nc2cc(N)ccc21. The predicted octanol–water partition coefficient (Wildman–Crippen LogP) is 3.12. The molecule has 0 bridgehead atoms. The minimum Gasteiger partial charge on any atom is -0.399 e. The predicted molar refractivity (Wildman–Crippen MR) is 79.4 cm³/mol. The molecule has 19 heavy (non-hydrogen) atoms. The van der Waals surface area contributed by atoms with Crippen LogP contribution >= 0.6 is 0 Å². The first-order valence-corrected chi connectivity index (χ1v) is 6.61. The van der Waals surface area contributed by atoms with Crippen molar-refractivity contribution >= 4 is 16.7 Å². The van der Waals surface area contributed by atoms with Gasteiger partial charge in [-0.25, -0.2) is 4.98 Å². The molecule has 0 aliphatic heterocycles. The third kappa shape index (κ3) is 2.59. The molecule has 1 heterocycles. The fourth-order valence-corrected chi connectivity index (χ4v) is 2.41. The van der Waals surface area contributed by atoms with Crippen molar-refractivity contribution in [1.29, 1.82) is 0 Å². The largest absolute Gasteiger partial charge is 0.399 e. The molecule has 4 heteroatoms. The summed E-state index contributed by atoms with van der Waals surface area (Å²) in [4.78, 5) is 4.78. The number of benzene rings is 1. The van der Waals surface area contributed by atoms with Gasteiger partial charge in [0.05, 0.1) is 23.7 Å². The maximum Gasteiger partial charge on any atom is 0.115 e. The molecule has 0 aliphatic carbocycles. The standard InChI is InChI=1S/C15H23N3O/c1-10(9-19-5)18-13-7-6-11(16)8-12(13)17-14(18)15(2,3)4/h6-8,10H,9,16H2,1-5H3. The van der Waals surface area contributed by atoms with E-state index in [1.807, 2.05) is 18.2 Å². The number of ether oxygens (including phenoxy) is 1. The van der Waals surface area contributed by atoms with E-state index in [1.165, 1.54) is 0 Å². The number of rotatable bonds is 3. The maximum atomic E-state index is 5.85. The van der Waals surface area contributed by atoms with E-state index in [-0.39, 0.29) is 11.5 Å². The van der Waals surface area contributed by atoms with Crippen molar-refractivity contribution in [3.05, 3.63) is 24.0 Å². The third-order valence-electron chi connectivity index (χ3n) is 3.23. The Balaban J connectivity index is 2.68. The summed E-state index contributed by atoms with van der Waals surface area (Å²) in [5.74, 6) is 1.07. The van der Waals surface area contributed by atoms with Crippen LogP contribution in [-0.4, -0.2) is 23.3 Å². The number of nitrogens with two attached hydrogens (primary N) is 1. The summed E-state index contributed by atoms with van der Waals surface area (Å²) in [6, 6.07) is 6.14. The molecule has 0 amide bonds. The molecule has 2 aromatic rings. The Morgan fingerprint density at radius 1 is 1.37 bits per heavy atom. The van der Waals surface area contributed by atoms with Gasteiger partial charge in [-0.3, -0.25) is 0 Å². The van der Waals surface area contributed by atoms with Gasteiger partial charge >= 0.3 is 0 Å². The van der Waals surface area contributed by atoms with Crippen molar-refractivity contribution in [2.75, 3.05) is 19.5 Å². The molecule has 104 valence electrons. The number of nitrogen functional groups attached to an aromatic ring is 1. The Morgan fingerprint density at radius 3 is 2.63 bits per heavy atom. The lowest BCUT2D eigenvalue weighted by Gasteiger charge is -2.24. The smallest absolute Gasteiger partial charge is 0.115 e. The van der Waals surface area contributed by atoms with Crippen molar-refractivity contribution < 1.29 is 4.74 Å². The fourth-order valence-electron chi connectivity index (χ4n) is 2.41. The summed E-state index contributed by atoms with van der Waals surface area (Å²) >= 11 is 0. The van der Waals surface area contributed by atoms with Crippen LogP contribution < -0.4 is 5.73 Å². The van der Waals surface area contributed by atoms with Crippen LogP contribution in [0.5, 0.6) is 0 Å². The van der Waals surface area contributed by atoms with E-state index in [2.05, 4.69) is 32.3 Å². The first-order chi connectivity index (χ1) is 8.84. The Hall–Kier alpha value is -1.55. The molecule has 4 nitrogen and oxygen atoms in total. The van der Waals surface area contributed by atoms with Crippen molar-refractivity contribution in [1.82, 2.24) is 9.55 Å². The van der Waals surface area contributed by atoms with Gasteiger partial charge in [-0.05, 0) is 25.1 Å². The highest BCUT2D eigenvalue weighted by Gasteiger charge is 2.25. The van der Waals surface area contributed by atoms with Gasteiger partial charge in [0.25, 0.3) is 0 Å². The average molecular weight is 261 g/mol. The molecule has 2 rings (SSSR count). The molecule has 1 aromatic carbocycles. The minimum atomic E-state index is -0.0181. The number of aromatic nitrogens is 2. The van der Waals surface area contributed by atoms with E-state index in [4.69, 9.17) is 15.5 Å². The van der Waals surface area contributed by atoms with E-state index in [0.717, 1.165) is 22.5 Å². The maximum absolute atomic E-state index is 5.85. The normalized spacial score (nSPS) is 13.9. The molecule has 0 fully saturated rings. The van der Waals surface area contributed by atoms with E-state index < -0.39 is 0 Å². The van der Waals surface area contributed by atoms with E-state index in [1.54, 1.807) is 7.11 Å². The summed E-state index contributed by atoms with van der Waals surface area (Å²) in [5.41, 5.74) is 8.65. The van der Waals surface area contributed by atoms with Gasteiger partial charge in [0.1, 0.15) is 5.82 Å². The summed E-state index contributed by atoms with van der Waals surface area (Å²) in [7, 11) is 1.73. The topological polar surface area (TPSA) is 53.1 Å². The molecule has 0 spiro atoms. The lowest BCUT2D eigenvalue weighted by Crippen LogP contribution is -2.23. The number of methoxy groups -OCH3 is 1. The van der Waals surface area contributed by atoms with Crippen molar-refractivity contribution in [2.45, 2.75) is 39.2 Å². The van der Waals surface area contributed by atoms with Gasteiger partial charge in [-0.2, -0.15) is 0 Å². The van der Waals surface area contributed by atoms with Crippen LogP contribution in [0.15, 0.2) is 18.2 Å². The zero-order chi connectivity index (χ0) is 14.2. The number of fused-ring (bicyclic) bond motifs is 1. The van der Waals surface area contributed by atoms with E-state index in [0.29, 0.717) is 6.61 Å². The molecule has 0 aliphatic rings. The quantitative estimate of drug-likeness (QED) is 0.864. The lowest BCUT2D eigenvalue weighted by molar-refractivity contribution is 0.161. The molecular formula is C15H23N3O. The Labute approximate surface area is 114 Å². The van der Waals surface area contributed by atoms with Gasteiger partial charge in [-0.1, -0.05) is 20.8 Å². The highest BCUT2D eigenvalue weighted by atomic mass is 16.5. The van der Waals surface area contributed by atoms with E-state index >= 15 is 0 Å². The van der Waals surface area contributed by atoms with Gasteiger partial charge in [0.2, 0.25) is 0 Å². The zero-order valence-corrected chi connectivity index (χ0v) is 12.4. The van der Waals surface area contributed by atoms with Crippen molar-refractivity contribution in [3.8, 4) is 0 Å². The minimum absolute atomic E-state index is 0.0181. The van der Waals surface area contributed by atoms with Crippen LogP contribution in [-0.2, 0) is 10.2 Å². The second-order valence-corrected chi connectivity index (χ2v) is 6.11. The van der Waals surface area contributed by atoms with Gasteiger partial charge in [0.15, 0.2) is 0 Å². The van der Waals surface area contributed by atoms with Crippen LogP contribution in [0.3, 0.4) is 0 Å². The summed E-state index contributed by atoms with van der Waals surface area (Å²) in [5, 5.41) is 0. The summed E-state index contributed by atoms with van der Waals surface area (Å²) in [6.07, 6.45) is 0. The monoisotopic (exact) mass is 261 g/mol. The van der Waals surface area contributed by atoms with Gasteiger partial charge < -0.3 is 15.0 Å². The van der Waals surface area contributed by atoms with Crippen LogP contribution in [0.2, 0.25) is 0 Å². The molecule has 0 saturated carbocycles. The van der Waals surface area contributed by atoms with Crippen molar-refractivity contribution in [3.63, 3.8) is 0 Å². The number of imidazole rings is 1. The molecule has 0 radical (unpaired) electrons. The number of anilines is 1. The van der Waals surface area contributed by atoms with Crippen molar-refractivity contribution in [2.24, 2.45) is 0 Å². The first-order valence-electron chi connectivity index (χ1n) is 6.61. The zero-order valence-electron chi connectivity index (χ0n) is 12.4. The third-order valence-corrected chi connectivity index (χ3v) is 3.23. The second-order valence-electron chi connectivity index (χ2n) is 6.11. The van der Waals surface area contributed by atoms with Gasteiger partial charge in [0, 0.05) is 18.2 Å². The molecule has 0 saturated heterocycles. The average Bonchev–Trinajstić information content (AvgIpc) is 2.67. The molecule has 1 unspecified atom stereocenters. The lowest BCUT2D eigenvalue weighted by atomic mass is 9.95. The van der Waals surface area contributed by atoms with Crippen LogP contribution in [0.1, 0.15) is 39.6 Å².